The molecule has 10 nitrogen and oxygen atoms in total. The third-order valence-electron chi connectivity index (χ3n) is 6.17. The molecule has 1 unspecified atom stereocenters. The van der Waals surface area contributed by atoms with Crippen molar-refractivity contribution in [1.82, 2.24) is 15.3 Å². The molecule has 0 fully saturated rings. The Kier molecular flexibility index (Phi) is 9.10. The number of fused-ring (bicyclic) bond motifs is 1. The predicted octanol–water partition coefficient (Wildman–Crippen LogP) is 5.67. The second kappa shape index (κ2) is 13.1. The second-order valence-corrected chi connectivity index (χ2v) is 9.38. The molecule has 0 aliphatic rings. The zero-order valence-corrected chi connectivity index (χ0v) is 22.3. The molecule has 0 radical (unpaired) electrons. The first-order valence-corrected chi connectivity index (χ1v) is 12.8. The van der Waals surface area contributed by atoms with Gasteiger partial charge in [0.05, 0.1) is 18.2 Å². The molecule has 0 aliphatic carbocycles. The number of aromatic nitrogens is 2. The first-order valence-electron chi connectivity index (χ1n) is 12.8. The average Bonchev–Trinajstić information content (AvgIpc) is 2.94. The Morgan fingerprint density at radius 2 is 1.95 bits per heavy atom. The van der Waals surface area contributed by atoms with Gasteiger partial charge in [-0.2, -0.15) is 5.26 Å². The molecule has 1 atom stereocenters. The number of rotatable bonds is 11. The lowest BCUT2D eigenvalue weighted by molar-refractivity contribution is 0.102. The number of anilines is 3. The topological polar surface area (TPSA) is 149 Å². The molecule has 0 saturated carbocycles. The number of benzene rings is 3. The van der Waals surface area contributed by atoms with E-state index in [9.17, 15) is 9.59 Å². The lowest BCUT2D eigenvalue weighted by Crippen LogP contribution is -2.23. The molecule has 2 amide bonds. The summed E-state index contributed by atoms with van der Waals surface area (Å²) in [5, 5.41) is 27.1. The number of carboxylic acid groups (broad SMARTS) is 1. The van der Waals surface area contributed by atoms with Crippen molar-refractivity contribution in [3.8, 4) is 11.8 Å². The van der Waals surface area contributed by atoms with Gasteiger partial charge in [-0.05, 0) is 74.2 Å². The van der Waals surface area contributed by atoms with E-state index in [4.69, 9.17) is 15.1 Å². The minimum Gasteiger partial charge on any atom is -0.493 e. The smallest absolute Gasteiger partial charge is 0.404 e. The van der Waals surface area contributed by atoms with Crippen LogP contribution < -0.4 is 20.7 Å². The molecule has 0 bridgehead atoms. The van der Waals surface area contributed by atoms with Gasteiger partial charge in [-0.25, -0.2) is 14.8 Å². The SMILES string of the molecule is Cc1ccc(NC(=O)c2cccc(CC(C)C#N)c2)cc1Nc1ncnc2cc(OCCCNC(=O)O)ccc12. The van der Waals surface area contributed by atoms with Crippen LogP contribution in [0.5, 0.6) is 5.75 Å². The quantitative estimate of drug-likeness (QED) is 0.178. The Balaban J connectivity index is 1.46. The molecule has 4 aromatic rings. The summed E-state index contributed by atoms with van der Waals surface area (Å²) < 4.78 is 5.73. The van der Waals surface area contributed by atoms with Gasteiger partial charge in [-0.1, -0.05) is 18.2 Å². The molecular weight excluding hydrogens is 508 g/mol. The van der Waals surface area contributed by atoms with Crippen LogP contribution in [0.1, 0.15) is 34.8 Å². The Labute approximate surface area is 232 Å². The molecule has 1 aromatic heterocycles. The third-order valence-corrected chi connectivity index (χ3v) is 6.17. The van der Waals surface area contributed by atoms with E-state index in [-0.39, 0.29) is 11.8 Å². The van der Waals surface area contributed by atoms with Gasteiger partial charge in [-0.15, -0.1) is 0 Å². The number of hydrogen-bond acceptors (Lipinski definition) is 7. The number of nitrogens with zero attached hydrogens (tertiary/aromatic N) is 3. The van der Waals surface area contributed by atoms with Crippen molar-refractivity contribution >= 4 is 40.1 Å². The zero-order chi connectivity index (χ0) is 28.5. The van der Waals surface area contributed by atoms with Crippen molar-refractivity contribution in [2.45, 2.75) is 26.7 Å². The molecule has 40 heavy (non-hydrogen) atoms. The fourth-order valence-electron chi connectivity index (χ4n) is 4.09. The highest BCUT2D eigenvalue weighted by molar-refractivity contribution is 6.04. The Morgan fingerprint density at radius 1 is 1.10 bits per heavy atom. The summed E-state index contributed by atoms with van der Waals surface area (Å²) >= 11 is 0. The predicted molar refractivity (Wildman–Crippen MR) is 153 cm³/mol. The summed E-state index contributed by atoms with van der Waals surface area (Å²) in [6.45, 7) is 4.49. The van der Waals surface area contributed by atoms with Gasteiger partial charge < -0.3 is 25.8 Å². The van der Waals surface area contributed by atoms with Crippen LogP contribution in [0, 0.1) is 24.2 Å². The molecule has 10 heteroatoms. The molecule has 1 heterocycles. The van der Waals surface area contributed by atoms with E-state index in [1.807, 2.05) is 68.4 Å². The Hall–Kier alpha value is -5.17. The molecule has 4 N–H and O–H groups in total. The van der Waals surface area contributed by atoms with E-state index in [0.29, 0.717) is 54.3 Å². The molecular formula is C30H30N6O4. The van der Waals surface area contributed by atoms with Crippen molar-refractivity contribution in [2.75, 3.05) is 23.8 Å². The van der Waals surface area contributed by atoms with Crippen molar-refractivity contribution in [3.05, 3.63) is 83.7 Å². The molecule has 4 rings (SSSR count). The number of nitriles is 1. The maximum atomic E-state index is 13.0. The van der Waals surface area contributed by atoms with Crippen molar-refractivity contribution in [1.29, 1.82) is 5.26 Å². The fourth-order valence-corrected chi connectivity index (χ4v) is 4.09. The zero-order valence-electron chi connectivity index (χ0n) is 22.3. The summed E-state index contributed by atoms with van der Waals surface area (Å²) in [6, 6.07) is 20.6. The highest BCUT2D eigenvalue weighted by Gasteiger charge is 2.12. The number of carbonyl (C=O) groups is 2. The Morgan fingerprint density at radius 3 is 2.75 bits per heavy atom. The Bertz CT molecular complexity index is 1570. The molecule has 0 saturated heterocycles. The van der Waals surface area contributed by atoms with Gasteiger partial charge in [-0.3, -0.25) is 4.79 Å². The normalized spacial score (nSPS) is 11.3. The number of ether oxygens (including phenoxy) is 1. The summed E-state index contributed by atoms with van der Waals surface area (Å²) in [7, 11) is 0. The van der Waals surface area contributed by atoms with Crippen LogP contribution in [0.15, 0.2) is 67.0 Å². The van der Waals surface area contributed by atoms with Crippen molar-refractivity contribution < 1.29 is 19.4 Å². The number of aryl methyl sites for hydroxylation is 1. The van der Waals surface area contributed by atoms with E-state index < -0.39 is 6.09 Å². The van der Waals surface area contributed by atoms with Crippen molar-refractivity contribution in [3.63, 3.8) is 0 Å². The minimum absolute atomic E-state index is 0.131. The van der Waals surface area contributed by atoms with Crippen LogP contribution in [-0.4, -0.2) is 40.2 Å². The number of nitrogens with one attached hydrogen (secondary N) is 3. The summed E-state index contributed by atoms with van der Waals surface area (Å²) in [5.74, 6) is 0.863. The molecule has 204 valence electrons. The average molecular weight is 539 g/mol. The monoisotopic (exact) mass is 538 g/mol. The van der Waals surface area contributed by atoms with E-state index in [1.54, 1.807) is 6.07 Å². The van der Waals surface area contributed by atoms with Crippen LogP contribution in [0.3, 0.4) is 0 Å². The van der Waals surface area contributed by atoms with Crippen LogP contribution in [0.4, 0.5) is 22.0 Å². The van der Waals surface area contributed by atoms with Gasteiger partial charge in [0.1, 0.15) is 17.9 Å². The van der Waals surface area contributed by atoms with Crippen LogP contribution >= 0.6 is 0 Å². The van der Waals surface area contributed by atoms with Gasteiger partial charge in [0.25, 0.3) is 5.91 Å². The molecule has 0 spiro atoms. The van der Waals surface area contributed by atoms with Crippen LogP contribution in [-0.2, 0) is 6.42 Å². The maximum Gasteiger partial charge on any atom is 0.404 e. The number of hydrogen-bond donors (Lipinski definition) is 4. The highest BCUT2D eigenvalue weighted by Crippen LogP contribution is 2.29. The first kappa shape index (κ1) is 27.9. The van der Waals surface area contributed by atoms with Gasteiger partial charge in [0, 0.05) is 40.9 Å². The highest BCUT2D eigenvalue weighted by atomic mass is 16.5. The van der Waals surface area contributed by atoms with Crippen LogP contribution in [0.25, 0.3) is 10.9 Å². The first-order chi connectivity index (χ1) is 19.3. The molecule has 0 aliphatic heterocycles. The van der Waals surface area contributed by atoms with Gasteiger partial charge in [0.2, 0.25) is 0 Å². The summed E-state index contributed by atoms with van der Waals surface area (Å²) in [4.78, 5) is 32.3. The van der Waals surface area contributed by atoms with E-state index in [2.05, 4.69) is 32.0 Å². The number of carbonyl (C=O) groups excluding carboxylic acids is 1. The third kappa shape index (κ3) is 7.45. The largest absolute Gasteiger partial charge is 0.493 e. The second-order valence-electron chi connectivity index (χ2n) is 9.38. The van der Waals surface area contributed by atoms with E-state index in [1.165, 1.54) is 6.33 Å². The molecule has 3 aromatic carbocycles. The lowest BCUT2D eigenvalue weighted by atomic mass is 10.0. The minimum atomic E-state index is -1.06. The van der Waals surface area contributed by atoms with Gasteiger partial charge in [0.15, 0.2) is 0 Å². The van der Waals surface area contributed by atoms with Crippen molar-refractivity contribution in [2.24, 2.45) is 5.92 Å². The summed E-state index contributed by atoms with van der Waals surface area (Å²) in [5.41, 5.74) is 4.52. The standard InChI is InChI=1S/C30H30N6O4/c1-19(17-31)13-21-5-3-6-22(14-21)29(37)35-23-8-7-20(2)26(15-23)36-28-25-10-9-24(16-27(25)33-18-34-28)40-12-4-11-32-30(38)39/h3,5-10,14-16,18-19,32H,4,11-13H2,1-2H3,(H,35,37)(H,38,39)(H,33,34,36). The van der Waals surface area contributed by atoms with Crippen LogP contribution in [0.2, 0.25) is 0 Å². The fraction of sp³-hybridized carbons (Fsp3) is 0.233. The van der Waals surface area contributed by atoms with E-state index in [0.717, 1.165) is 22.2 Å². The van der Waals surface area contributed by atoms with E-state index >= 15 is 0 Å². The summed E-state index contributed by atoms with van der Waals surface area (Å²) in [6.07, 6.45) is 1.53. The number of amides is 2. The van der Waals surface area contributed by atoms with Gasteiger partial charge >= 0.3 is 6.09 Å². The lowest BCUT2D eigenvalue weighted by Gasteiger charge is -2.14. The maximum absolute atomic E-state index is 13.0.